The molecule has 3 rings (SSSR count). The second-order valence-corrected chi connectivity index (χ2v) is 5.64. The number of hydrogen-bond acceptors (Lipinski definition) is 1. The zero-order chi connectivity index (χ0) is 12.7. The normalized spacial score (nSPS) is 16.2. The molecule has 1 aliphatic rings. The number of H-pyrrole nitrogens is 1. The molecule has 0 aliphatic heterocycles. The van der Waals surface area contributed by atoms with E-state index in [4.69, 9.17) is 0 Å². The van der Waals surface area contributed by atoms with Crippen LogP contribution in [0.2, 0.25) is 0 Å². The minimum Gasteiger partial charge on any atom is -0.393 e. The van der Waals surface area contributed by atoms with Gasteiger partial charge in [0.1, 0.15) is 0 Å². The van der Waals surface area contributed by atoms with Crippen molar-refractivity contribution in [2.24, 2.45) is 0 Å². The van der Waals surface area contributed by atoms with Gasteiger partial charge in [0, 0.05) is 16.6 Å². The van der Waals surface area contributed by atoms with E-state index in [2.05, 4.69) is 24.0 Å². The predicted molar refractivity (Wildman–Crippen MR) is 75.1 cm³/mol. The van der Waals surface area contributed by atoms with Crippen molar-refractivity contribution >= 4 is 10.9 Å². The quantitative estimate of drug-likeness (QED) is 0.852. The number of hydrogen-bond donors (Lipinski definition) is 2. The third-order valence-corrected chi connectivity index (χ3v) is 4.14. The molecule has 0 spiro atoms. The molecule has 1 heterocycles. The lowest BCUT2D eigenvalue weighted by atomic mass is 10.0. The topological polar surface area (TPSA) is 36.0 Å². The maximum absolute atomic E-state index is 9.46. The summed E-state index contributed by atoms with van der Waals surface area (Å²) < 4.78 is 0. The lowest BCUT2D eigenvalue weighted by Crippen LogP contribution is -2.01. The fraction of sp³-hybridized carbons (Fsp3) is 0.500. The van der Waals surface area contributed by atoms with Crippen LogP contribution < -0.4 is 0 Å². The molecule has 1 atom stereocenters. The molecule has 0 saturated heterocycles. The first-order valence-electron chi connectivity index (χ1n) is 6.96. The molecular formula is C16H21NO. The van der Waals surface area contributed by atoms with E-state index in [9.17, 15) is 5.11 Å². The molecule has 2 heteroatoms. The second-order valence-electron chi connectivity index (χ2n) is 5.64. The van der Waals surface area contributed by atoms with Crippen LogP contribution in [0.15, 0.2) is 12.1 Å². The molecular weight excluding hydrogens is 222 g/mol. The summed E-state index contributed by atoms with van der Waals surface area (Å²) >= 11 is 0. The van der Waals surface area contributed by atoms with Crippen LogP contribution in [-0.2, 0) is 19.3 Å². The average Bonchev–Trinajstić information content (AvgIpc) is 2.86. The van der Waals surface area contributed by atoms with Gasteiger partial charge in [0.05, 0.1) is 6.10 Å². The van der Waals surface area contributed by atoms with Gasteiger partial charge >= 0.3 is 0 Å². The Labute approximate surface area is 108 Å². The Hall–Kier alpha value is -1.28. The van der Waals surface area contributed by atoms with Crippen molar-refractivity contribution in [3.8, 4) is 0 Å². The van der Waals surface area contributed by atoms with Crippen LogP contribution in [0.1, 0.15) is 42.1 Å². The molecule has 2 nitrogen and oxygen atoms in total. The van der Waals surface area contributed by atoms with Crippen LogP contribution in [0, 0.1) is 6.92 Å². The third kappa shape index (κ3) is 1.95. The summed E-state index contributed by atoms with van der Waals surface area (Å²) in [4.78, 5) is 3.50. The molecule has 0 bridgehead atoms. The summed E-state index contributed by atoms with van der Waals surface area (Å²) in [7, 11) is 0. The summed E-state index contributed by atoms with van der Waals surface area (Å²) in [6.07, 6.45) is 5.33. The lowest BCUT2D eigenvalue weighted by Gasteiger charge is -2.05. The first-order chi connectivity index (χ1) is 8.65. The molecule has 0 saturated carbocycles. The Balaban J connectivity index is 2.05. The van der Waals surface area contributed by atoms with Crippen molar-refractivity contribution in [3.63, 3.8) is 0 Å². The van der Waals surface area contributed by atoms with Crippen LogP contribution in [0.3, 0.4) is 0 Å². The van der Waals surface area contributed by atoms with Crippen LogP contribution in [0.4, 0.5) is 0 Å². The minimum atomic E-state index is -0.219. The summed E-state index contributed by atoms with van der Waals surface area (Å²) in [5, 5.41) is 10.8. The van der Waals surface area contributed by atoms with Crippen molar-refractivity contribution in [2.45, 2.75) is 52.1 Å². The number of benzene rings is 1. The third-order valence-electron chi connectivity index (χ3n) is 4.14. The van der Waals surface area contributed by atoms with Crippen molar-refractivity contribution in [1.82, 2.24) is 4.98 Å². The van der Waals surface area contributed by atoms with Gasteiger partial charge in [-0.1, -0.05) is 0 Å². The molecule has 2 aromatic rings. The van der Waals surface area contributed by atoms with E-state index in [1.54, 1.807) is 0 Å². The smallest absolute Gasteiger partial charge is 0.0515 e. The van der Waals surface area contributed by atoms with Crippen molar-refractivity contribution < 1.29 is 5.11 Å². The van der Waals surface area contributed by atoms with Gasteiger partial charge < -0.3 is 10.1 Å². The molecule has 2 N–H and O–H groups in total. The van der Waals surface area contributed by atoms with E-state index in [1.807, 2.05) is 6.92 Å². The number of aryl methyl sites for hydroxylation is 4. The molecule has 1 aliphatic carbocycles. The fourth-order valence-corrected chi connectivity index (χ4v) is 3.13. The van der Waals surface area contributed by atoms with Gasteiger partial charge in [0.25, 0.3) is 0 Å². The zero-order valence-corrected chi connectivity index (χ0v) is 11.2. The number of aliphatic hydroxyl groups excluding tert-OH is 1. The Bertz CT molecular complexity index is 580. The Morgan fingerprint density at radius 2 is 2.00 bits per heavy atom. The maximum Gasteiger partial charge on any atom is 0.0515 e. The number of rotatable bonds is 3. The van der Waals surface area contributed by atoms with Gasteiger partial charge in [-0.05, 0) is 74.8 Å². The van der Waals surface area contributed by atoms with E-state index in [0.717, 1.165) is 12.8 Å². The Morgan fingerprint density at radius 1 is 1.28 bits per heavy atom. The van der Waals surface area contributed by atoms with Gasteiger partial charge in [-0.15, -0.1) is 0 Å². The van der Waals surface area contributed by atoms with Crippen LogP contribution >= 0.6 is 0 Å². The largest absolute Gasteiger partial charge is 0.393 e. The van der Waals surface area contributed by atoms with Gasteiger partial charge in [-0.3, -0.25) is 0 Å². The lowest BCUT2D eigenvalue weighted by molar-refractivity contribution is 0.185. The van der Waals surface area contributed by atoms with Crippen LogP contribution in [-0.4, -0.2) is 16.2 Å². The fourth-order valence-electron chi connectivity index (χ4n) is 3.13. The van der Waals surface area contributed by atoms with Gasteiger partial charge in [-0.2, -0.15) is 0 Å². The number of fused-ring (bicyclic) bond motifs is 2. The summed E-state index contributed by atoms with van der Waals surface area (Å²) in [5.74, 6) is 0. The predicted octanol–water partition coefficient (Wildman–Crippen LogP) is 3.28. The maximum atomic E-state index is 9.46. The highest BCUT2D eigenvalue weighted by Crippen LogP contribution is 2.31. The molecule has 0 fully saturated rings. The molecule has 1 aromatic heterocycles. The monoisotopic (exact) mass is 243 g/mol. The highest BCUT2D eigenvalue weighted by molar-refractivity contribution is 5.86. The molecule has 1 unspecified atom stereocenters. The van der Waals surface area contributed by atoms with Crippen LogP contribution in [0.5, 0.6) is 0 Å². The number of aromatic nitrogens is 1. The molecule has 18 heavy (non-hydrogen) atoms. The van der Waals surface area contributed by atoms with Gasteiger partial charge in [-0.25, -0.2) is 0 Å². The standard InChI is InChI=1S/C16H21NO/c1-10(18)6-7-14-11(2)17-16-9-13-5-3-4-12(13)8-15(14)16/h8-10,17-18H,3-7H2,1-2H3. The molecule has 96 valence electrons. The minimum absolute atomic E-state index is 0.219. The number of aliphatic hydroxyl groups is 1. The molecule has 1 aromatic carbocycles. The van der Waals surface area contributed by atoms with E-state index < -0.39 is 0 Å². The molecule has 0 amide bonds. The first kappa shape index (κ1) is 11.8. The SMILES string of the molecule is Cc1[nH]c2cc3c(cc2c1CCC(C)O)CCC3. The highest BCUT2D eigenvalue weighted by atomic mass is 16.3. The van der Waals surface area contributed by atoms with E-state index >= 15 is 0 Å². The van der Waals surface area contributed by atoms with E-state index in [1.165, 1.54) is 52.5 Å². The summed E-state index contributed by atoms with van der Waals surface area (Å²) in [6, 6.07) is 4.70. The average molecular weight is 243 g/mol. The Morgan fingerprint density at radius 3 is 2.72 bits per heavy atom. The van der Waals surface area contributed by atoms with Crippen molar-refractivity contribution in [3.05, 3.63) is 34.5 Å². The first-order valence-corrected chi connectivity index (χ1v) is 6.96. The molecule has 0 radical (unpaired) electrons. The second kappa shape index (κ2) is 4.43. The summed E-state index contributed by atoms with van der Waals surface area (Å²) in [6.45, 7) is 4.00. The van der Waals surface area contributed by atoms with Crippen molar-refractivity contribution in [1.29, 1.82) is 0 Å². The van der Waals surface area contributed by atoms with Gasteiger partial charge in [0.2, 0.25) is 0 Å². The van der Waals surface area contributed by atoms with Crippen LogP contribution in [0.25, 0.3) is 10.9 Å². The van der Waals surface area contributed by atoms with Crippen molar-refractivity contribution in [2.75, 3.05) is 0 Å². The number of aromatic amines is 1. The van der Waals surface area contributed by atoms with E-state index in [-0.39, 0.29) is 6.10 Å². The zero-order valence-electron chi connectivity index (χ0n) is 11.2. The summed E-state index contributed by atoms with van der Waals surface area (Å²) in [5.41, 5.74) is 6.97. The van der Waals surface area contributed by atoms with Gasteiger partial charge in [0.15, 0.2) is 0 Å². The highest BCUT2D eigenvalue weighted by Gasteiger charge is 2.15. The number of nitrogens with one attached hydrogen (secondary N) is 1. The Kier molecular flexibility index (Phi) is 2.90. The van der Waals surface area contributed by atoms with E-state index in [0.29, 0.717) is 0 Å².